The summed E-state index contributed by atoms with van der Waals surface area (Å²) in [6.07, 6.45) is 0. The predicted molar refractivity (Wildman–Crippen MR) is 5.75 cm³/mol. The van der Waals surface area contributed by atoms with E-state index in [0.29, 0.717) is 0 Å². The molecule has 66 valence electrons. The minimum Gasteiger partial charge on any atom is -0.222 e. The van der Waals surface area contributed by atoms with Gasteiger partial charge in [0.2, 0.25) is 0 Å². The Hall–Kier alpha value is 1.06. The summed E-state index contributed by atoms with van der Waals surface area (Å²) in [5.41, 5.74) is 0. The van der Waals surface area contributed by atoms with Crippen LogP contribution >= 0.6 is 0 Å². The van der Waals surface area contributed by atoms with Crippen molar-refractivity contribution in [1.29, 1.82) is 0 Å². The minimum atomic E-state index is -4.94. The zero-order valence-corrected chi connectivity index (χ0v) is 8.89. The maximum Gasteiger partial charge on any atom is 2.00 e. The summed E-state index contributed by atoms with van der Waals surface area (Å²) in [4.78, 5) is 0. The van der Waals surface area contributed by atoms with Gasteiger partial charge < -0.3 is 0 Å². The van der Waals surface area contributed by atoms with Crippen molar-refractivity contribution < 1.29 is 57.8 Å². The maximum absolute atomic E-state index is 8.49. The molecule has 0 spiro atoms. The molecule has 0 aliphatic carbocycles. The van der Waals surface area contributed by atoms with Crippen LogP contribution < -0.4 is 37.3 Å². The molecule has 0 atom stereocenters. The second-order valence-electron chi connectivity index (χ2n) is 0.756. The molecule has 0 aliphatic heterocycles. The maximum atomic E-state index is 8.49. The summed E-state index contributed by atoms with van der Waals surface area (Å²) < 4.78 is 67.9. The van der Waals surface area contributed by atoms with Gasteiger partial charge in [-0.1, -0.05) is 0 Å². The van der Waals surface area contributed by atoms with Crippen LogP contribution in [0.5, 0.6) is 0 Å². The van der Waals surface area contributed by atoms with Crippen LogP contribution in [-0.4, -0.2) is 23.9 Å². The Morgan fingerprint density at radius 2 is 0.455 bits per heavy atom. The molecule has 11 heteroatoms. The van der Waals surface area contributed by atoms with Crippen molar-refractivity contribution >= 4 is 23.9 Å². The summed E-state index contributed by atoms with van der Waals surface area (Å²) in [6.45, 7) is 0. The van der Waals surface area contributed by atoms with Crippen LogP contribution in [0.1, 0.15) is 0 Å². The van der Waals surface area contributed by atoms with E-state index in [0.717, 1.165) is 0 Å². The van der Waals surface area contributed by atoms with Crippen LogP contribution in [0.3, 0.4) is 0 Å². The van der Waals surface area contributed by atoms with Crippen LogP contribution in [0.4, 0.5) is 0 Å². The molecule has 0 aromatic heterocycles. The van der Waals surface area contributed by atoms with Gasteiger partial charge in [-0.25, -0.2) is 37.3 Å². The number of hydrogen-bond acceptors (Lipinski definition) is 8. The van der Waals surface area contributed by atoms with E-state index in [1.807, 2.05) is 0 Å². The fourth-order valence-corrected chi connectivity index (χ4v) is 0. The fraction of sp³-hybridized carbons (Fsp3) is 0. The van der Waals surface area contributed by atoms with Gasteiger partial charge in [0.25, 0.3) is 0 Å². The Bertz CT molecular complexity index is 55.1. The van der Waals surface area contributed by atoms with Gasteiger partial charge >= 0.3 is 23.9 Å². The second-order valence-corrected chi connectivity index (χ2v) is 2.27. The Morgan fingerprint density at radius 1 is 0.455 bits per heavy atom. The molecule has 2 radical (unpaired) electrons. The molecule has 8 nitrogen and oxygen atoms in total. The van der Waals surface area contributed by atoms with Gasteiger partial charge in [0.05, 0.1) is 0 Å². The molecule has 0 saturated heterocycles. The molecule has 0 unspecified atom stereocenters. The molecule has 0 bridgehead atoms. The van der Waals surface area contributed by atoms with Crippen molar-refractivity contribution in [2.24, 2.45) is 0 Å². The number of halogens is 2. The third kappa shape index (κ3) is 810. The Morgan fingerprint density at radius 3 is 0.455 bits per heavy atom. The van der Waals surface area contributed by atoms with Crippen LogP contribution in [0.25, 0.3) is 0 Å². The zero-order chi connectivity index (χ0) is 9.00. The van der Waals surface area contributed by atoms with Crippen molar-refractivity contribution in [3.05, 3.63) is 0 Å². The Balaban J connectivity index is -0.000000107. The first-order chi connectivity index (χ1) is 4.00. The summed E-state index contributed by atoms with van der Waals surface area (Å²) in [5.74, 6) is 0. The van der Waals surface area contributed by atoms with E-state index in [1.165, 1.54) is 0 Å². The Kier molecular flexibility index (Phi) is 10.7. The second kappa shape index (κ2) is 6.56. The SMILES string of the molecule is [O-][Cl+3]([O-])([O-])[O-].[O-][Cl+3]([O-])([O-])[O-].[Sn+2]. The first-order valence-electron chi connectivity index (χ1n) is 1.23. The summed E-state index contributed by atoms with van der Waals surface area (Å²) in [5, 5.41) is 0. The Labute approximate surface area is 81.7 Å². The third-order valence-corrected chi connectivity index (χ3v) is 0. The standard InChI is InChI=1S/2ClHO4.Sn/c2*2-1(3,4)5;/h2*(H,2,3,4,5);/q;;+2/p-2. The molecular weight excluding hydrogens is 318 g/mol. The zero-order valence-electron chi connectivity index (χ0n) is 4.52. The molecule has 0 fully saturated rings. The third-order valence-electron chi connectivity index (χ3n) is 0. The summed E-state index contributed by atoms with van der Waals surface area (Å²) in [7, 11) is -9.89. The van der Waals surface area contributed by atoms with Crippen LogP contribution in [-0.2, 0) is 0 Å². The van der Waals surface area contributed by atoms with E-state index < -0.39 is 20.5 Å². The van der Waals surface area contributed by atoms with Crippen LogP contribution in [0.15, 0.2) is 0 Å². The molecule has 0 heterocycles. The van der Waals surface area contributed by atoms with E-state index in [1.54, 1.807) is 0 Å². The summed E-state index contributed by atoms with van der Waals surface area (Å²) >= 11 is 0. The van der Waals surface area contributed by atoms with Gasteiger partial charge in [0.1, 0.15) is 0 Å². The topological polar surface area (TPSA) is 184 Å². The van der Waals surface area contributed by atoms with Gasteiger partial charge in [-0.15, -0.1) is 20.5 Å². The van der Waals surface area contributed by atoms with Crippen molar-refractivity contribution in [2.45, 2.75) is 0 Å². The smallest absolute Gasteiger partial charge is 0.222 e. The first kappa shape index (κ1) is 18.0. The normalized spacial score (nSPS) is 10.9. The molecule has 0 aliphatic rings. The average molecular weight is 318 g/mol. The molecule has 0 aromatic rings. The van der Waals surface area contributed by atoms with E-state index in [4.69, 9.17) is 37.3 Å². The van der Waals surface area contributed by atoms with Gasteiger partial charge in [-0.05, 0) is 0 Å². The van der Waals surface area contributed by atoms with Crippen LogP contribution in [0, 0.1) is 20.5 Å². The van der Waals surface area contributed by atoms with Crippen LogP contribution in [0.2, 0.25) is 0 Å². The van der Waals surface area contributed by atoms with E-state index in [2.05, 4.69) is 0 Å². The monoisotopic (exact) mass is 318 g/mol. The van der Waals surface area contributed by atoms with Gasteiger partial charge in [0.15, 0.2) is 0 Å². The van der Waals surface area contributed by atoms with E-state index >= 15 is 0 Å². The first-order valence-corrected chi connectivity index (χ1v) is 3.70. The largest absolute Gasteiger partial charge is 2.00 e. The van der Waals surface area contributed by atoms with Crippen molar-refractivity contribution in [2.75, 3.05) is 0 Å². The number of hydrogen-bond donors (Lipinski definition) is 0. The summed E-state index contributed by atoms with van der Waals surface area (Å²) in [6, 6.07) is 0. The minimum absolute atomic E-state index is 0. The van der Waals surface area contributed by atoms with Gasteiger partial charge in [-0.3, -0.25) is 0 Å². The average Bonchev–Trinajstić information content (AvgIpc) is 1.12. The van der Waals surface area contributed by atoms with Crippen molar-refractivity contribution in [3.8, 4) is 0 Å². The molecule has 0 amide bonds. The predicted octanol–water partition coefficient (Wildman–Crippen LogP) is -9.89. The molecule has 0 aromatic carbocycles. The van der Waals surface area contributed by atoms with Gasteiger partial charge in [0, 0.05) is 0 Å². The van der Waals surface area contributed by atoms with E-state index in [-0.39, 0.29) is 23.9 Å². The van der Waals surface area contributed by atoms with Crippen molar-refractivity contribution in [1.82, 2.24) is 0 Å². The van der Waals surface area contributed by atoms with E-state index in [9.17, 15) is 0 Å². The molecular formula is Cl2O8Sn. The van der Waals surface area contributed by atoms with Gasteiger partial charge in [-0.2, -0.15) is 0 Å². The molecule has 0 N–H and O–H groups in total. The number of rotatable bonds is 0. The molecule has 0 saturated carbocycles. The quantitative estimate of drug-likeness (QED) is 0.394. The van der Waals surface area contributed by atoms with Crippen molar-refractivity contribution in [3.63, 3.8) is 0 Å². The molecule has 0 rings (SSSR count). The fourth-order valence-electron chi connectivity index (χ4n) is 0. The molecule has 11 heavy (non-hydrogen) atoms.